The molecule has 2 aromatic rings. The van der Waals surface area contributed by atoms with Gasteiger partial charge >= 0.3 is 0 Å². The zero-order valence-corrected chi connectivity index (χ0v) is 15.1. The smallest absolute Gasteiger partial charge is 0.248 e. The van der Waals surface area contributed by atoms with E-state index in [1.807, 2.05) is 37.3 Å². The number of nitrogens with zero attached hydrogens (tertiary/aromatic N) is 3. The summed E-state index contributed by atoms with van der Waals surface area (Å²) in [6.45, 7) is 2.33. The number of aromatic nitrogens is 1. The highest BCUT2D eigenvalue weighted by Crippen LogP contribution is 2.36. The van der Waals surface area contributed by atoms with Gasteiger partial charge < -0.3 is 4.90 Å². The van der Waals surface area contributed by atoms with Crippen molar-refractivity contribution in [2.45, 2.75) is 32.0 Å². The monoisotopic (exact) mass is 370 g/mol. The Morgan fingerprint density at radius 3 is 2.69 bits per heavy atom. The Labute approximate surface area is 156 Å². The molecule has 7 heteroatoms. The molecule has 134 valence electrons. The number of nitrogens with one attached hydrogen (secondary N) is 1. The molecule has 3 unspecified atom stereocenters. The molecule has 0 aliphatic carbocycles. The van der Waals surface area contributed by atoms with Gasteiger partial charge in [0.05, 0.1) is 28.9 Å². The van der Waals surface area contributed by atoms with Crippen molar-refractivity contribution in [1.29, 1.82) is 0 Å². The summed E-state index contributed by atoms with van der Waals surface area (Å²) in [5.41, 5.74) is 4.61. The normalized spacial score (nSPS) is 25.5. The summed E-state index contributed by atoms with van der Waals surface area (Å²) >= 11 is 6.25. The van der Waals surface area contributed by atoms with E-state index in [1.54, 1.807) is 23.2 Å². The number of hydrazine groups is 1. The van der Waals surface area contributed by atoms with Crippen LogP contribution in [0.1, 0.15) is 19.0 Å². The van der Waals surface area contributed by atoms with Crippen molar-refractivity contribution in [3.05, 3.63) is 59.4 Å². The minimum Gasteiger partial charge on any atom is -0.333 e. The minimum atomic E-state index is -0.312. The van der Waals surface area contributed by atoms with E-state index in [2.05, 4.69) is 10.4 Å². The third kappa shape index (κ3) is 2.85. The predicted molar refractivity (Wildman–Crippen MR) is 98.2 cm³/mol. The number of pyridine rings is 1. The number of fused-ring (bicyclic) bond motifs is 1. The quantitative estimate of drug-likeness (QED) is 0.901. The average Bonchev–Trinajstić information content (AvgIpc) is 2.96. The Balaban J connectivity index is 1.59. The zero-order chi connectivity index (χ0) is 18.3. The molecule has 0 spiro atoms. The molecule has 4 rings (SSSR count). The highest BCUT2D eigenvalue weighted by atomic mass is 35.5. The van der Waals surface area contributed by atoms with Crippen LogP contribution in [0.5, 0.6) is 0 Å². The summed E-state index contributed by atoms with van der Waals surface area (Å²) in [4.78, 5) is 31.8. The minimum absolute atomic E-state index is 0.0192. The Bertz CT molecular complexity index is 844. The van der Waals surface area contributed by atoms with E-state index in [9.17, 15) is 9.59 Å². The van der Waals surface area contributed by atoms with Crippen molar-refractivity contribution in [3.63, 3.8) is 0 Å². The van der Waals surface area contributed by atoms with E-state index in [-0.39, 0.29) is 36.2 Å². The van der Waals surface area contributed by atoms with Crippen LogP contribution in [0.25, 0.3) is 0 Å². The number of hydrogen-bond donors (Lipinski definition) is 1. The molecule has 3 heterocycles. The zero-order valence-electron chi connectivity index (χ0n) is 14.3. The first-order valence-electron chi connectivity index (χ1n) is 8.60. The fourth-order valence-electron chi connectivity index (χ4n) is 3.79. The first-order valence-corrected chi connectivity index (χ1v) is 8.98. The first kappa shape index (κ1) is 17.0. The predicted octanol–water partition coefficient (Wildman–Crippen LogP) is 2.39. The molecule has 0 saturated carbocycles. The lowest BCUT2D eigenvalue weighted by Gasteiger charge is -2.38. The van der Waals surface area contributed by atoms with Crippen LogP contribution in [-0.2, 0) is 16.1 Å². The molecular weight excluding hydrogens is 352 g/mol. The standard InChI is InChI=1S/C19H19ClN4O2/c1-12-18-15(10-17(25)23(12)11-13-6-4-5-9-21-13)22-24(19(18)26)16-8-3-2-7-14(16)20/h2-9,12,15,18,22H,10-11H2,1H3. The van der Waals surface area contributed by atoms with Crippen molar-refractivity contribution in [1.82, 2.24) is 15.3 Å². The number of rotatable bonds is 3. The molecular formula is C19H19ClN4O2. The number of para-hydroxylation sites is 1. The van der Waals surface area contributed by atoms with Crippen LogP contribution in [0.3, 0.4) is 0 Å². The van der Waals surface area contributed by atoms with Gasteiger partial charge in [0.25, 0.3) is 0 Å². The van der Waals surface area contributed by atoms with Gasteiger partial charge in [0.15, 0.2) is 0 Å². The molecule has 2 aliphatic heterocycles. The van der Waals surface area contributed by atoms with E-state index in [1.165, 1.54) is 5.01 Å². The fraction of sp³-hybridized carbons (Fsp3) is 0.316. The Hall–Kier alpha value is -2.44. The van der Waals surface area contributed by atoms with Gasteiger partial charge in [-0.1, -0.05) is 29.8 Å². The van der Waals surface area contributed by atoms with Crippen molar-refractivity contribution in [2.24, 2.45) is 5.92 Å². The molecule has 2 aliphatic rings. The highest BCUT2D eigenvalue weighted by molar-refractivity contribution is 6.33. The van der Waals surface area contributed by atoms with Crippen molar-refractivity contribution < 1.29 is 9.59 Å². The maximum atomic E-state index is 13.1. The maximum absolute atomic E-state index is 13.1. The van der Waals surface area contributed by atoms with Crippen LogP contribution < -0.4 is 10.4 Å². The number of likely N-dealkylation sites (tertiary alicyclic amines) is 1. The molecule has 2 fully saturated rings. The summed E-state index contributed by atoms with van der Waals surface area (Å²) in [5, 5.41) is 1.99. The van der Waals surface area contributed by atoms with Gasteiger partial charge in [-0.15, -0.1) is 0 Å². The van der Waals surface area contributed by atoms with Crippen LogP contribution in [0.15, 0.2) is 48.7 Å². The molecule has 6 nitrogen and oxygen atoms in total. The van der Waals surface area contributed by atoms with Crippen LogP contribution in [0, 0.1) is 5.92 Å². The van der Waals surface area contributed by atoms with Crippen LogP contribution in [-0.4, -0.2) is 33.8 Å². The Morgan fingerprint density at radius 2 is 1.96 bits per heavy atom. The average molecular weight is 371 g/mol. The lowest BCUT2D eigenvalue weighted by Crippen LogP contribution is -2.54. The summed E-state index contributed by atoms with van der Waals surface area (Å²) in [6.07, 6.45) is 1.98. The molecule has 26 heavy (non-hydrogen) atoms. The van der Waals surface area contributed by atoms with Crippen molar-refractivity contribution in [2.75, 3.05) is 5.01 Å². The second kappa shape index (κ2) is 6.70. The van der Waals surface area contributed by atoms with Gasteiger partial charge in [-0.05, 0) is 31.2 Å². The second-order valence-electron chi connectivity index (χ2n) is 6.67. The van der Waals surface area contributed by atoms with Crippen LogP contribution in [0.4, 0.5) is 5.69 Å². The molecule has 1 aromatic heterocycles. The lowest BCUT2D eigenvalue weighted by molar-refractivity contribution is -0.141. The fourth-order valence-corrected chi connectivity index (χ4v) is 4.01. The molecule has 1 N–H and O–H groups in total. The molecule has 1 aromatic carbocycles. The molecule has 0 bridgehead atoms. The highest BCUT2D eigenvalue weighted by Gasteiger charge is 2.51. The van der Waals surface area contributed by atoms with Gasteiger partial charge in [-0.2, -0.15) is 0 Å². The van der Waals surface area contributed by atoms with E-state index >= 15 is 0 Å². The third-order valence-corrected chi connectivity index (χ3v) is 5.43. The first-order chi connectivity index (χ1) is 12.6. The third-order valence-electron chi connectivity index (χ3n) is 5.11. The van der Waals surface area contributed by atoms with Crippen LogP contribution >= 0.6 is 11.6 Å². The number of halogens is 1. The van der Waals surface area contributed by atoms with E-state index in [0.717, 1.165) is 5.69 Å². The van der Waals surface area contributed by atoms with Gasteiger partial charge in [0, 0.05) is 24.7 Å². The SMILES string of the molecule is CC1C2C(=O)N(c3ccccc3Cl)NC2CC(=O)N1Cc1ccccn1. The van der Waals surface area contributed by atoms with Gasteiger partial charge in [-0.25, -0.2) is 10.4 Å². The van der Waals surface area contributed by atoms with Gasteiger partial charge in [0.1, 0.15) is 0 Å². The van der Waals surface area contributed by atoms with Crippen molar-refractivity contribution in [3.8, 4) is 0 Å². The molecule has 3 atom stereocenters. The second-order valence-corrected chi connectivity index (χ2v) is 7.08. The van der Waals surface area contributed by atoms with Gasteiger partial charge in [-0.3, -0.25) is 14.6 Å². The van der Waals surface area contributed by atoms with Gasteiger partial charge in [0.2, 0.25) is 11.8 Å². The summed E-state index contributed by atoms with van der Waals surface area (Å²) < 4.78 is 0. The summed E-state index contributed by atoms with van der Waals surface area (Å²) in [7, 11) is 0. The Morgan fingerprint density at radius 1 is 1.19 bits per heavy atom. The molecule has 2 amide bonds. The summed E-state index contributed by atoms with van der Waals surface area (Å²) in [6, 6.07) is 12.4. The van der Waals surface area contributed by atoms with E-state index in [4.69, 9.17) is 11.6 Å². The van der Waals surface area contributed by atoms with Crippen LogP contribution in [0.2, 0.25) is 5.02 Å². The molecule has 2 saturated heterocycles. The number of carbonyl (C=O) groups excluding carboxylic acids is 2. The number of anilines is 1. The lowest BCUT2D eigenvalue weighted by atomic mass is 9.86. The number of hydrogen-bond acceptors (Lipinski definition) is 4. The Kier molecular flexibility index (Phi) is 4.38. The summed E-state index contributed by atoms with van der Waals surface area (Å²) in [5.74, 6) is -0.354. The number of benzene rings is 1. The maximum Gasteiger partial charge on any atom is 0.248 e. The van der Waals surface area contributed by atoms with Crippen molar-refractivity contribution >= 4 is 29.1 Å². The number of carbonyl (C=O) groups is 2. The largest absolute Gasteiger partial charge is 0.333 e. The molecule has 0 radical (unpaired) electrons. The number of piperidine rings is 1. The van der Waals surface area contributed by atoms with E-state index in [0.29, 0.717) is 17.3 Å². The number of amides is 2. The topological polar surface area (TPSA) is 65.5 Å². The van der Waals surface area contributed by atoms with E-state index < -0.39 is 0 Å².